The third-order valence-electron chi connectivity index (χ3n) is 4.00. The number of nitrogens with one attached hydrogen (secondary N) is 1. The molecule has 0 amide bonds. The van der Waals surface area contributed by atoms with Gasteiger partial charge in [-0.25, -0.2) is 0 Å². The number of nitriles is 1. The topological polar surface area (TPSA) is 45.0 Å². The number of benzene rings is 2. The molecule has 1 unspecified atom stereocenters. The van der Waals surface area contributed by atoms with Crippen LogP contribution in [0.1, 0.15) is 25.3 Å². The van der Waals surface area contributed by atoms with Crippen molar-refractivity contribution >= 4 is 16.5 Å². The van der Waals surface area contributed by atoms with Crippen LogP contribution in [0.3, 0.4) is 0 Å². The largest absolute Gasteiger partial charge is 0.382 e. The van der Waals surface area contributed by atoms with Gasteiger partial charge >= 0.3 is 0 Å². The summed E-state index contributed by atoms with van der Waals surface area (Å²) in [6, 6.07) is 14.1. The van der Waals surface area contributed by atoms with E-state index < -0.39 is 0 Å². The Morgan fingerprint density at radius 1 is 1.25 bits per heavy atom. The van der Waals surface area contributed by atoms with E-state index in [2.05, 4.69) is 24.4 Å². The SMILES string of the molecule is CC1(CNc2ccc(C#N)c3ccccc23)CCCO1. The molecule has 0 bridgehead atoms. The maximum Gasteiger partial charge on any atom is 0.0998 e. The quantitative estimate of drug-likeness (QED) is 0.921. The minimum absolute atomic E-state index is 0.0744. The fraction of sp³-hybridized carbons (Fsp3) is 0.353. The van der Waals surface area contributed by atoms with Crippen LogP contribution in [-0.2, 0) is 4.74 Å². The van der Waals surface area contributed by atoms with Crippen molar-refractivity contribution in [1.29, 1.82) is 5.26 Å². The van der Waals surface area contributed by atoms with Crippen molar-refractivity contribution in [3.8, 4) is 6.07 Å². The van der Waals surface area contributed by atoms with Gasteiger partial charge in [0.25, 0.3) is 0 Å². The fourth-order valence-electron chi connectivity index (χ4n) is 2.81. The molecule has 2 aromatic carbocycles. The van der Waals surface area contributed by atoms with E-state index in [1.54, 1.807) is 0 Å². The van der Waals surface area contributed by atoms with E-state index in [1.165, 1.54) is 0 Å². The van der Waals surface area contributed by atoms with Crippen LogP contribution in [0.25, 0.3) is 10.8 Å². The Kier molecular flexibility index (Phi) is 3.33. The highest BCUT2D eigenvalue weighted by atomic mass is 16.5. The molecular formula is C17H18N2O. The number of nitrogens with zero attached hydrogens (tertiary/aromatic N) is 1. The summed E-state index contributed by atoms with van der Waals surface area (Å²) < 4.78 is 5.80. The Labute approximate surface area is 119 Å². The molecule has 2 aromatic rings. The van der Waals surface area contributed by atoms with Crippen LogP contribution in [0, 0.1) is 11.3 Å². The standard InChI is InChI=1S/C17H18N2O/c1-17(9-4-10-20-17)12-19-16-8-7-13(11-18)14-5-2-3-6-15(14)16/h2-3,5-8,19H,4,9-10,12H2,1H3. The van der Waals surface area contributed by atoms with E-state index in [0.717, 1.165) is 48.0 Å². The number of rotatable bonds is 3. The normalized spacial score (nSPS) is 21.8. The lowest BCUT2D eigenvalue weighted by Gasteiger charge is -2.24. The van der Waals surface area contributed by atoms with E-state index in [1.807, 2.05) is 30.3 Å². The molecule has 1 aliphatic heterocycles. The molecule has 20 heavy (non-hydrogen) atoms. The molecule has 0 radical (unpaired) electrons. The van der Waals surface area contributed by atoms with Gasteiger partial charge in [-0.3, -0.25) is 0 Å². The Morgan fingerprint density at radius 3 is 2.75 bits per heavy atom. The van der Waals surface area contributed by atoms with Gasteiger partial charge in [0.1, 0.15) is 0 Å². The molecule has 1 heterocycles. The van der Waals surface area contributed by atoms with Crippen LogP contribution >= 0.6 is 0 Å². The first kappa shape index (κ1) is 13.0. The zero-order chi connectivity index (χ0) is 14.0. The molecule has 0 spiro atoms. The van der Waals surface area contributed by atoms with Gasteiger partial charge < -0.3 is 10.1 Å². The van der Waals surface area contributed by atoms with Crippen molar-refractivity contribution in [3.05, 3.63) is 42.0 Å². The molecular weight excluding hydrogens is 248 g/mol. The van der Waals surface area contributed by atoms with Gasteiger partial charge in [0.2, 0.25) is 0 Å². The second kappa shape index (κ2) is 5.15. The molecule has 0 saturated carbocycles. The molecule has 1 fully saturated rings. The highest BCUT2D eigenvalue weighted by Gasteiger charge is 2.29. The molecule has 1 saturated heterocycles. The van der Waals surface area contributed by atoms with Gasteiger partial charge in [-0.2, -0.15) is 5.26 Å². The van der Waals surface area contributed by atoms with Crippen molar-refractivity contribution in [2.75, 3.05) is 18.5 Å². The van der Waals surface area contributed by atoms with Crippen LogP contribution in [0.2, 0.25) is 0 Å². The van der Waals surface area contributed by atoms with E-state index in [-0.39, 0.29) is 5.60 Å². The van der Waals surface area contributed by atoms with E-state index in [9.17, 15) is 5.26 Å². The van der Waals surface area contributed by atoms with Crippen molar-refractivity contribution < 1.29 is 4.74 Å². The molecule has 1 N–H and O–H groups in total. The van der Waals surface area contributed by atoms with E-state index in [4.69, 9.17) is 4.74 Å². The first-order chi connectivity index (χ1) is 9.72. The Balaban J connectivity index is 1.91. The summed E-state index contributed by atoms with van der Waals surface area (Å²) in [5.74, 6) is 0. The number of hydrogen-bond acceptors (Lipinski definition) is 3. The molecule has 0 aliphatic carbocycles. The third-order valence-corrected chi connectivity index (χ3v) is 4.00. The van der Waals surface area contributed by atoms with E-state index >= 15 is 0 Å². The molecule has 1 aliphatic rings. The van der Waals surface area contributed by atoms with E-state index in [0.29, 0.717) is 0 Å². The minimum Gasteiger partial charge on any atom is -0.382 e. The summed E-state index contributed by atoms with van der Waals surface area (Å²) in [7, 11) is 0. The molecule has 1 atom stereocenters. The number of hydrogen-bond donors (Lipinski definition) is 1. The van der Waals surface area contributed by atoms with Crippen LogP contribution < -0.4 is 5.32 Å². The Hall–Kier alpha value is -2.05. The monoisotopic (exact) mass is 266 g/mol. The second-order valence-electron chi connectivity index (χ2n) is 5.57. The van der Waals surface area contributed by atoms with Crippen molar-refractivity contribution in [2.45, 2.75) is 25.4 Å². The average molecular weight is 266 g/mol. The van der Waals surface area contributed by atoms with Crippen molar-refractivity contribution in [1.82, 2.24) is 0 Å². The molecule has 102 valence electrons. The molecule has 0 aromatic heterocycles. The number of ether oxygens (including phenoxy) is 1. The predicted molar refractivity (Wildman–Crippen MR) is 80.7 cm³/mol. The summed E-state index contributed by atoms with van der Waals surface area (Å²) >= 11 is 0. The van der Waals surface area contributed by atoms with Gasteiger partial charge in [-0.15, -0.1) is 0 Å². The summed E-state index contributed by atoms with van der Waals surface area (Å²) in [6.45, 7) is 3.80. The predicted octanol–water partition coefficient (Wildman–Crippen LogP) is 3.69. The zero-order valence-corrected chi connectivity index (χ0v) is 11.6. The zero-order valence-electron chi connectivity index (χ0n) is 11.6. The Morgan fingerprint density at radius 2 is 2.05 bits per heavy atom. The lowest BCUT2D eigenvalue weighted by atomic mass is 10.0. The smallest absolute Gasteiger partial charge is 0.0998 e. The van der Waals surface area contributed by atoms with Gasteiger partial charge in [0, 0.05) is 29.6 Å². The number of fused-ring (bicyclic) bond motifs is 1. The van der Waals surface area contributed by atoms with Gasteiger partial charge in [-0.1, -0.05) is 24.3 Å². The molecule has 3 nitrogen and oxygen atoms in total. The highest BCUT2D eigenvalue weighted by Crippen LogP contribution is 2.29. The van der Waals surface area contributed by atoms with Crippen molar-refractivity contribution in [3.63, 3.8) is 0 Å². The first-order valence-electron chi connectivity index (χ1n) is 7.02. The van der Waals surface area contributed by atoms with Crippen LogP contribution in [-0.4, -0.2) is 18.8 Å². The van der Waals surface area contributed by atoms with Crippen LogP contribution in [0.4, 0.5) is 5.69 Å². The maximum absolute atomic E-state index is 9.18. The second-order valence-corrected chi connectivity index (χ2v) is 5.57. The lowest BCUT2D eigenvalue weighted by Crippen LogP contribution is -2.32. The average Bonchev–Trinajstić information content (AvgIpc) is 2.92. The summed E-state index contributed by atoms with van der Waals surface area (Å²) in [6.07, 6.45) is 2.22. The molecule has 3 heteroatoms. The van der Waals surface area contributed by atoms with Crippen LogP contribution in [0.5, 0.6) is 0 Å². The van der Waals surface area contributed by atoms with Gasteiger partial charge in [-0.05, 0) is 31.9 Å². The lowest BCUT2D eigenvalue weighted by molar-refractivity contribution is 0.0315. The highest BCUT2D eigenvalue weighted by molar-refractivity contribution is 5.97. The third kappa shape index (κ3) is 2.35. The van der Waals surface area contributed by atoms with Crippen molar-refractivity contribution in [2.24, 2.45) is 0 Å². The van der Waals surface area contributed by atoms with Gasteiger partial charge in [0.15, 0.2) is 0 Å². The molecule has 3 rings (SSSR count). The number of anilines is 1. The fourth-order valence-corrected chi connectivity index (χ4v) is 2.81. The van der Waals surface area contributed by atoms with Gasteiger partial charge in [0.05, 0.1) is 17.2 Å². The van der Waals surface area contributed by atoms with Crippen LogP contribution in [0.15, 0.2) is 36.4 Å². The minimum atomic E-state index is -0.0744. The summed E-state index contributed by atoms with van der Waals surface area (Å²) in [5.41, 5.74) is 1.71. The summed E-state index contributed by atoms with van der Waals surface area (Å²) in [5, 5.41) is 14.8. The maximum atomic E-state index is 9.18. The summed E-state index contributed by atoms with van der Waals surface area (Å²) in [4.78, 5) is 0. The Bertz CT molecular complexity index is 666. The first-order valence-corrected chi connectivity index (χ1v) is 7.02.